The topological polar surface area (TPSA) is 89.5 Å². The molecule has 0 radical (unpaired) electrons. The zero-order valence-electron chi connectivity index (χ0n) is 22.1. The van der Waals surface area contributed by atoms with Crippen LogP contribution in [0.3, 0.4) is 0 Å². The van der Waals surface area contributed by atoms with Gasteiger partial charge in [-0.2, -0.15) is 5.10 Å². The van der Waals surface area contributed by atoms with Crippen LogP contribution in [0.25, 0.3) is 0 Å². The molecule has 8 nitrogen and oxygen atoms in total. The molecule has 8 heteroatoms. The average molecular weight is 496 g/mol. The average Bonchev–Trinajstić information content (AvgIpc) is 2.83. The molecular formula is C28H37N3O5. The SMILES string of the molecule is CCOc1cc(C2=NN(C(=O)[C@H](Cc3ccc(OC(C)(C)C)cc3)NC(C)=O)CCC2)ccc1OC. The summed E-state index contributed by atoms with van der Waals surface area (Å²) in [6.07, 6.45) is 1.86. The maximum atomic E-state index is 13.5. The minimum atomic E-state index is -0.727. The summed E-state index contributed by atoms with van der Waals surface area (Å²) in [4.78, 5) is 25.4. The number of rotatable bonds is 9. The van der Waals surface area contributed by atoms with E-state index in [1.165, 1.54) is 11.9 Å². The molecule has 0 aromatic heterocycles. The van der Waals surface area contributed by atoms with Crippen LogP contribution < -0.4 is 19.5 Å². The quantitative estimate of drug-likeness (QED) is 0.559. The standard InChI is InChI=1S/C28H37N3O5/c1-7-35-26-18-21(12-15-25(26)34-6)23-9-8-16-31(30-23)27(33)24(29-19(2)32)17-20-10-13-22(14-11-20)36-28(3,4)5/h10-15,18,24H,7-9,16-17H2,1-6H3,(H,29,32)/t24-/m0/s1. The van der Waals surface area contributed by atoms with E-state index in [0.29, 0.717) is 31.1 Å². The van der Waals surface area contributed by atoms with E-state index in [1.54, 1.807) is 7.11 Å². The van der Waals surface area contributed by atoms with Gasteiger partial charge in [-0.1, -0.05) is 12.1 Å². The van der Waals surface area contributed by atoms with Crippen molar-refractivity contribution in [2.75, 3.05) is 20.3 Å². The van der Waals surface area contributed by atoms with Crippen LogP contribution in [0.4, 0.5) is 0 Å². The fourth-order valence-corrected chi connectivity index (χ4v) is 4.04. The predicted molar refractivity (Wildman–Crippen MR) is 140 cm³/mol. The molecule has 1 heterocycles. The molecular weight excluding hydrogens is 458 g/mol. The Bertz CT molecular complexity index is 1090. The predicted octanol–water partition coefficient (Wildman–Crippen LogP) is 4.35. The summed E-state index contributed by atoms with van der Waals surface area (Å²) >= 11 is 0. The molecule has 194 valence electrons. The highest BCUT2D eigenvalue weighted by Crippen LogP contribution is 2.29. The van der Waals surface area contributed by atoms with Gasteiger partial charge in [-0.25, -0.2) is 5.01 Å². The fraction of sp³-hybridized carbons (Fsp3) is 0.464. The summed E-state index contributed by atoms with van der Waals surface area (Å²) < 4.78 is 17.0. The van der Waals surface area contributed by atoms with Crippen LogP contribution in [0.2, 0.25) is 0 Å². The van der Waals surface area contributed by atoms with E-state index in [1.807, 2.05) is 70.2 Å². The number of benzene rings is 2. The van der Waals surface area contributed by atoms with Crippen molar-refractivity contribution < 1.29 is 23.8 Å². The smallest absolute Gasteiger partial charge is 0.265 e. The molecule has 2 aromatic rings. The van der Waals surface area contributed by atoms with Gasteiger partial charge in [0.05, 0.1) is 19.4 Å². The molecule has 1 aliphatic rings. The van der Waals surface area contributed by atoms with Crippen molar-refractivity contribution >= 4 is 17.5 Å². The zero-order chi connectivity index (χ0) is 26.3. The molecule has 3 rings (SSSR count). The van der Waals surface area contributed by atoms with E-state index in [4.69, 9.17) is 14.2 Å². The van der Waals surface area contributed by atoms with Gasteiger partial charge < -0.3 is 19.5 Å². The summed E-state index contributed by atoms with van der Waals surface area (Å²) in [6, 6.07) is 12.5. The van der Waals surface area contributed by atoms with E-state index >= 15 is 0 Å². The number of hydrogen-bond acceptors (Lipinski definition) is 6. The summed E-state index contributed by atoms with van der Waals surface area (Å²) in [5, 5.41) is 8.95. The molecule has 0 saturated heterocycles. The zero-order valence-corrected chi connectivity index (χ0v) is 22.1. The van der Waals surface area contributed by atoms with Crippen molar-refractivity contribution in [2.45, 2.75) is 65.5 Å². The minimum absolute atomic E-state index is 0.240. The molecule has 0 fully saturated rings. The van der Waals surface area contributed by atoms with E-state index in [-0.39, 0.29) is 17.4 Å². The van der Waals surface area contributed by atoms with Gasteiger partial charge in [0.25, 0.3) is 5.91 Å². The summed E-state index contributed by atoms with van der Waals surface area (Å²) in [7, 11) is 1.60. The van der Waals surface area contributed by atoms with Crippen LogP contribution in [0.1, 0.15) is 58.6 Å². The van der Waals surface area contributed by atoms with Crippen molar-refractivity contribution in [3.05, 3.63) is 53.6 Å². The lowest BCUT2D eigenvalue weighted by Gasteiger charge is -2.28. The first kappa shape index (κ1) is 27.0. The van der Waals surface area contributed by atoms with Gasteiger partial charge in [-0.15, -0.1) is 0 Å². The molecule has 2 aromatic carbocycles. The highest BCUT2D eigenvalue weighted by Gasteiger charge is 2.28. The van der Waals surface area contributed by atoms with Crippen molar-refractivity contribution in [3.8, 4) is 17.2 Å². The monoisotopic (exact) mass is 495 g/mol. The number of nitrogens with one attached hydrogen (secondary N) is 1. The first-order chi connectivity index (χ1) is 17.1. The number of hydrazone groups is 1. The Labute approximate surface area is 213 Å². The van der Waals surface area contributed by atoms with Crippen molar-refractivity contribution in [1.29, 1.82) is 0 Å². The van der Waals surface area contributed by atoms with Crippen LogP contribution in [-0.2, 0) is 16.0 Å². The molecule has 1 aliphatic heterocycles. The van der Waals surface area contributed by atoms with Crippen LogP contribution >= 0.6 is 0 Å². The molecule has 0 spiro atoms. The van der Waals surface area contributed by atoms with Crippen molar-refractivity contribution in [3.63, 3.8) is 0 Å². The Morgan fingerprint density at radius 3 is 2.44 bits per heavy atom. The number of carbonyl (C=O) groups excluding carboxylic acids is 2. The highest BCUT2D eigenvalue weighted by atomic mass is 16.5. The Morgan fingerprint density at radius 1 is 1.11 bits per heavy atom. The molecule has 1 N–H and O–H groups in total. The van der Waals surface area contributed by atoms with Crippen molar-refractivity contribution in [2.24, 2.45) is 5.10 Å². The molecule has 2 amide bonds. The first-order valence-electron chi connectivity index (χ1n) is 12.3. The maximum absolute atomic E-state index is 13.5. The third-order valence-corrected chi connectivity index (χ3v) is 5.54. The van der Waals surface area contributed by atoms with Crippen LogP contribution in [0.5, 0.6) is 17.2 Å². The highest BCUT2D eigenvalue weighted by molar-refractivity contribution is 6.02. The lowest BCUT2D eigenvalue weighted by molar-refractivity contribution is -0.136. The Hall–Kier alpha value is -3.55. The van der Waals surface area contributed by atoms with Gasteiger partial charge in [0, 0.05) is 25.5 Å². The van der Waals surface area contributed by atoms with E-state index in [2.05, 4.69) is 10.4 Å². The van der Waals surface area contributed by atoms with E-state index in [0.717, 1.165) is 35.4 Å². The molecule has 0 unspecified atom stereocenters. The van der Waals surface area contributed by atoms with Crippen LogP contribution in [0, 0.1) is 0 Å². The largest absolute Gasteiger partial charge is 0.493 e. The third kappa shape index (κ3) is 7.47. The van der Waals surface area contributed by atoms with Gasteiger partial charge in [-0.3, -0.25) is 9.59 Å². The summed E-state index contributed by atoms with van der Waals surface area (Å²) in [5.41, 5.74) is 2.29. The van der Waals surface area contributed by atoms with Gasteiger partial charge in [0.1, 0.15) is 17.4 Å². The molecule has 1 atom stereocenters. The summed E-state index contributed by atoms with van der Waals surface area (Å²) in [6.45, 7) is 10.3. The first-order valence-corrected chi connectivity index (χ1v) is 12.3. The minimum Gasteiger partial charge on any atom is -0.493 e. The number of carbonyl (C=O) groups is 2. The van der Waals surface area contributed by atoms with Gasteiger partial charge >= 0.3 is 0 Å². The number of ether oxygens (including phenoxy) is 3. The maximum Gasteiger partial charge on any atom is 0.265 e. The number of methoxy groups -OCH3 is 1. The number of nitrogens with zero attached hydrogens (tertiary/aromatic N) is 2. The second-order valence-corrected chi connectivity index (χ2v) is 9.73. The van der Waals surface area contributed by atoms with E-state index < -0.39 is 6.04 Å². The molecule has 0 aliphatic carbocycles. The second-order valence-electron chi connectivity index (χ2n) is 9.73. The van der Waals surface area contributed by atoms with Crippen molar-refractivity contribution in [1.82, 2.24) is 10.3 Å². The Morgan fingerprint density at radius 2 is 1.83 bits per heavy atom. The van der Waals surface area contributed by atoms with E-state index in [9.17, 15) is 9.59 Å². The second kappa shape index (κ2) is 11.9. The van der Waals surface area contributed by atoms with Gasteiger partial charge in [-0.05, 0) is 76.4 Å². The molecule has 36 heavy (non-hydrogen) atoms. The van der Waals surface area contributed by atoms with Crippen LogP contribution in [-0.4, -0.2) is 54.4 Å². The Kier molecular flexibility index (Phi) is 8.96. The molecule has 0 bridgehead atoms. The number of hydrogen-bond donors (Lipinski definition) is 1. The lowest BCUT2D eigenvalue weighted by Crippen LogP contribution is -2.48. The number of amides is 2. The Balaban J connectivity index is 1.80. The van der Waals surface area contributed by atoms with Crippen LogP contribution in [0.15, 0.2) is 47.6 Å². The normalized spacial score (nSPS) is 14.5. The van der Waals surface area contributed by atoms with Gasteiger partial charge in [0.2, 0.25) is 5.91 Å². The lowest BCUT2D eigenvalue weighted by atomic mass is 10.0. The summed E-state index contributed by atoms with van der Waals surface area (Å²) in [5.74, 6) is 1.54. The van der Waals surface area contributed by atoms with Gasteiger partial charge in [0.15, 0.2) is 11.5 Å². The third-order valence-electron chi connectivity index (χ3n) is 5.54. The fourth-order valence-electron chi connectivity index (χ4n) is 4.04. The molecule has 0 saturated carbocycles.